The van der Waals surface area contributed by atoms with E-state index in [1.165, 1.54) is 12.1 Å². The third-order valence-corrected chi connectivity index (χ3v) is 2.65. The molecule has 21 heavy (non-hydrogen) atoms. The molecule has 0 unspecified atom stereocenters. The fraction of sp³-hybridized carbons (Fsp3) is 0.267. The first-order valence-electron chi connectivity index (χ1n) is 6.59. The molecule has 0 atom stereocenters. The van der Waals surface area contributed by atoms with Crippen LogP contribution in [0, 0.1) is 24.1 Å². The number of benzene rings is 1. The molecule has 1 aromatic heterocycles. The standard InChI is InChI=1S/C15H15FN4O/c1-3-6-18-14-8-15(20-10(2)19-14)21-13-5-4-11(9-17)7-12(13)16/h4-5,7-8H,3,6H2,1-2H3,(H,18,19,20). The van der Waals surface area contributed by atoms with Gasteiger partial charge in [-0.3, -0.25) is 0 Å². The monoisotopic (exact) mass is 286 g/mol. The highest BCUT2D eigenvalue weighted by atomic mass is 19.1. The molecule has 0 saturated heterocycles. The summed E-state index contributed by atoms with van der Waals surface area (Å²) in [6, 6.07) is 7.50. The summed E-state index contributed by atoms with van der Waals surface area (Å²) in [4.78, 5) is 8.34. The second-order valence-corrected chi connectivity index (χ2v) is 4.42. The fourth-order valence-electron chi connectivity index (χ4n) is 1.70. The molecule has 1 heterocycles. The van der Waals surface area contributed by atoms with Gasteiger partial charge in [-0.15, -0.1) is 0 Å². The van der Waals surface area contributed by atoms with Gasteiger partial charge in [0.25, 0.3) is 0 Å². The van der Waals surface area contributed by atoms with E-state index in [9.17, 15) is 4.39 Å². The van der Waals surface area contributed by atoms with E-state index >= 15 is 0 Å². The van der Waals surface area contributed by atoms with Gasteiger partial charge in [0.15, 0.2) is 11.6 Å². The first kappa shape index (κ1) is 14.7. The van der Waals surface area contributed by atoms with E-state index in [4.69, 9.17) is 10.00 Å². The second-order valence-electron chi connectivity index (χ2n) is 4.42. The minimum Gasteiger partial charge on any atom is -0.436 e. The Labute approximate surface area is 122 Å². The molecule has 0 aliphatic rings. The predicted octanol–water partition coefficient (Wildman–Crippen LogP) is 3.41. The van der Waals surface area contributed by atoms with Gasteiger partial charge >= 0.3 is 0 Å². The molecule has 6 heteroatoms. The van der Waals surface area contributed by atoms with E-state index in [0.717, 1.165) is 19.0 Å². The van der Waals surface area contributed by atoms with Gasteiger partial charge in [-0.1, -0.05) is 6.92 Å². The lowest BCUT2D eigenvalue weighted by Crippen LogP contribution is -2.04. The Kier molecular flexibility index (Phi) is 4.67. The van der Waals surface area contributed by atoms with Crippen LogP contribution in [0.15, 0.2) is 24.3 Å². The maximum atomic E-state index is 13.8. The van der Waals surface area contributed by atoms with Crippen LogP contribution in [0.4, 0.5) is 10.2 Å². The minimum absolute atomic E-state index is 0.0218. The van der Waals surface area contributed by atoms with E-state index in [1.807, 2.05) is 13.0 Å². The van der Waals surface area contributed by atoms with Crippen LogP contribution in [-0.4, -0.2) is 16.5 Å². The van der Waals surface area contributed by atoms with Crippen LogP contribution in [0.3, 0.4) is 0 Å². The molecular formula is C15H15FN4O. The number of nitrogens with zero attached hydrogens (tertiary/aromatic N) is 3. The molecule has 0 bridgehead atoms. The smallest absolute Gasteiger partial charge is 0.224 e. The van der Waals surface area contributed by atoms with Crippen LogP contribution in [0.2, 0.25) is 0 Å². The highest BCUT2D eigenvalue weighted by Crippen LogP contribution is 2.25. The Morgan fingerprint density at radius 2 is 2.14 bits per heavy atom. The van der Waals surface area contributed by atoms with Gasteiger partial charge in [-0.05, 0) is 31.5 Å². The molecule has 1 N–H and O–H groups in total. The predicted molar refractivity (Wildman–Crippen MR) is 76.7 cm³/mol. The number of anilines is 1. The first-order chi connectivity index (χ1) is 10.1. The van der Waals surface area contributed by atoms with Gasteiger partial charge < -0.3 is 10.1 Å². The summed E-state index contributed by atoms with van der Waals surface area (Å²) in [6.45, 7) is 4.56. The van der Waals surface area contributed by atoms with E-state index < -0.39 is 5.82 Å². The van der Waals surface area contributed by atoms with Crippen molar-refractivity contribution >= 4 is 5.82 Å². The third kappa shape index (κ3) is 3.89. The van der Waals surface area contributed by atoms with Crippen molar-refractivity contribution in [1.82, 2.24) is 9.97 Å². The molecule has 2 aromatic rings. The Bertz CT molecular complexity index is 682. The van der Waals surface area contributed by atoms with Crippen molar-refractivity contribution < 1.29 is 9.13 Å². The number of nitriles is 1. The minimum atomic E-state index is -0.603. The van der Waals surface area contributed by atoms with Crippen molar-refractivity contribution in [2.24, 2.45) is 0 Å². The number of hydrogen-bond acceptors (Lipinski definition) is 5. The van der Waals surface area contributed by atoms with E-state index in [2.05, 4.69) is 15.3 Å². The molecule has 1 aromatic carbocycles. The number of aromatic nitrogens is 2. The first-order valence-corrected chi connectivity index (χ1v) is 6.59. The van der Waals surface area contributed by atoms with Gasteiger partial charge in [0.2, 0.25) is 5.88 Å². The van der Waals surface area contributed by atoms with Gasteiger partial charge in [0, 0.05) is 12.6 Å². The van der Waals surface area contributed by atoms with Gasteiger partial charge in [-0.25, -0.2) is 9.37 Å². The van der Waals surface area contributed by atoms with Crippen LogP contribution in [0.5, 0.6) is 11.6 Å². The van der Waals surface area contributed by atoms with Crippen LogP contribution in [-0.2, 0) is 0 Å². The molecule has 0 aliphatic carbocycles. The zero-order chi connectivity index (χ0) is 15.2. The number of aryl methyl sites for hydroxylation is 1. The Morgan fingerprint density at radius 3 is 2.81 bits per heavy atom. The highest BCUT2D eigenvalue weighted by Gasteiger charge is 2.09. The van der Waals surface area contributed by atoms with E-state index in [1.54, 1.807) is 13.0 Å². The van der Waals surface area contributed by atoms with Crippen LogP contribution < -0.4 is 10.1 Å². The third-order valence-electron chi connectivity index (χ3n) is 2.65. The van der Waals surface area contributed by atoms with Gasteiger partial charge in [-0.2, -0.15) is 10.2 Å². The van der Waals surface area contributed by atoms with Gasteiger partial charge in [0.1, 0.15) is 11.6 Å². The molecule has 0 spiro atoms. The lowest BCUT2D eigenvalue weighted by atomic mass is 10.2. The summed E-state index contributed by atoms with van der Waals surface area (Å²) in [7, 11) is 0. The van der Waals surface area contributed by atoms with Crippen molar-refractivity contribution in [1.29, 1.82) is 5.26 Å². The average Bonchev–Trinajstić information content (AvgIpc) is 2.46. The maximum Gasteiger partial charge on any atom is 0.224 e. The average molecular weight is 286 g/mol. The summed E-state index contributed by atoms with van der Waals surface area (Å²) in [6.07, 6.45) is 0.962. The van der Waals surface area contributed by atoms with Gasteiger partial charge in [0.05, 0.1) is 11.6 Å². The molecule has 0 fully saturated rings. The Morgan fingerprint density at radius 1 is 1.33 bits per heavy atom. The van der Waals surface area contributed by atoms with E-state index in [-0.39, 0.29) is 17.2 Å². The lowest BCUT2D eigenvalue weighted by molar-refractivity contribution is 0.425. The Balaban J connectivity index is 2.23. The van der Waals surface area contributed by atoms with Crippen LogP contribution in [0.1, 0.15) is 24.7 Å². The topological polar surface area (TPSA) is 70.8 Å². The summed E-state index contributed by atoms with van der Waals surface area (Å²) < 4.78 is 19.2. The number of halogens is 1. The normalized spacial score (nSPS) is 10.0. The largest absolute Gasteiger partial charge is 0.436 e. The molecule has 0 aliphatic heterocycles. The van der Waals surface area contributed by atoms with Crippen molar-refractivity contribution in [2.45, 2.75) is 20.3 Å². The summed E-state index contributed by atoms with van der Waals surface area (Å²) in [5.74, 6) is 0.834. The summed E-state index contributed by atoms with van der Waals surface area (Å²) in [5, 5.41) is 11.8. The van der Waals surface area contributed by atoms with Crippen molar-refractivity contribution in [3.63, 3.8) is 0 Å². The van der Waals surface area contributed by atoms with Crippen LogP contribution in [0.25, 0.3) is 0 Å². The Hall–Kier alpha value is -2.68. The summed E-state index contributed by atoms with van der Waals surface area (Å²) in [5.41, 5.74) is 0.240. The number of hydrogen-bond donors (Lipinski definition) is 1. The quantitative estimate of drug-likeness (QED) is 0.912. The number of ether oxygens (including phenoxy) is 1. The van der Waals surface area contributed by atoms with Crippen molar-refractivity contribution in [3.05, 3.63) is 41.5 Å². The molecule has 2 rings (SSSR count). The lowest BCUT2D eigenvalue weighted by Gasteiger charge is -2.09. The van der Waals surface area contributed by atoms with E-state index in [0.29, 0.717) is 11.6 Å². The number of rotatable bonds is 5. The zero-order valence-electron chi connectivity index (χ0n) is 11.9. The van der Waals surface area contributed by atoms with Crippen LogP contribution >= 0.6 is 0 Å². The molecular weight excluding hydrogens is 271 g/mol. The maximum absolute atomic E-state index is 13.8. The zero-order valence-corrected chi connectivity index (χ0v) is 11.9. The SMILES string of the molecule is CCCNc1cc(Oc2ccc(C#N)cc2F)nc(C)n1. The summed E-state index contributed by atoms with van der Waals surface area (Å²) >= 11 is 0. The second kappa shape index (κ2) is 6.66. The molecule has 5 nitrogen and oxygen atoms in total. The van der Waals surface area contributed by atoms with Crippen molar-refractivity contribution in [2.75, 3.05) is 11.9 Å². The molecule has 108 valence electrons. The highest BCUT2D eigenvalue weighted by molar-refractivity contribution is 5.41. The fourth-order valence-corrected chi connectivity index (χ4v) is 1.70. The van der Waals surface area contributed by atoms with Crippen molar-refractivity contribution in [3.8, 4) is 17.7 Å². The molecule has 0 amide bonds. The molecule has 0 saturated carbocycles. The number of nitrogens with one attached hydrogen (secondary N) is 1. The molecule has 0 radical (unpaired) electrons.